The molecule has 1 fully saturated rings. The van der Waals surface area contributed by atoms with Gasteiger partial charge in [0, 0.05) is 25.6 Å². The molecule has 1 aromatic rings. The van der Waals surface area contributed by atoms with E-state index < -0.39 is 0 Å². The average molecular weight is 289 g/mol. The molecule has 3 N–H and O–H groups in total. The fourth-order valence-corrected chi connectivity index (χ4v) is 2.71. The molecular weight excluding hydrogens is 262 g/mol. The summed E-state index contributed by atoms with van der Waals surface area (Å²) >= 11 is 0. The summed E-state index contributed by atoms with van der Waals surface area (Å²) in [7, 11) is 0. The van der Waals surface area contributed by atoms with E-state index in [-0.39, 0.29) is 11.9 Å². The van der Waals surface area contributed by atoms with Gasteiger partial charge in [0.25, 0.3) is 0 Å². The van der Waals surface area contributed by atoms with Crippen LogP contribution in [0.2, 0.25) is 0 Å². The second-order valence-corrected chi connectivity index (χ2v) is 6.04. The molecule has 1 unspecified atom stereocenters. The summed E-state index contributed by atoms with van der Waals surface area (Å²) in [6.45, 7) is 5.91. The van der Waals surface area contributed by atoms with Gasteiger partial charge in [0.15, 0.2) is 0 Å². The smallest absolute Gasteiger partial charge is 0.220 e. The first kappa shape index (κ1) is 16.0. The number of hydrogen-bond acceptors (Lipinski definition) is 3. The summed E-state index contributed by atoms with van der Waals surface area (Å²) in [6, 6.07) is 8.47. The molecule has 0 bridgehead atoms. The molecule has 4 nitrogen and oxygen atoms in total. The first-order valence-corrected chi connectivity index (χ1v) is 7.96. The summed E-state index contributed by atoms with van der Waals surface area (Å²) < 4.78 is 0. The zero-order valence-electron chi connectivity index (χ0n) is 13.0. The van der Waals surface area contributed by atoms with Crippen LogP contribution in [-0.4, -0.2) is 29.9 Å². The highest BCUT2D eigenvalue weighted by molar-refractivity contribution is 5.75. The quantitative estimate of drug-likeness (QED) is 0.807. The van der Waals surface area contributed by atoms with E-state index in [9.17, 15) is 4.79 Å². The first-order chi connectivity index (χ1) is 10.1. The van der Waals surface area contributed by atoms with E-state index in [4.69, 9.17) is 5.73 Å². The minimum atomic E-state index is 0.0817. The topological polar surface area (TPSA) is 58.4 Å². The van der Waals surface area contributed by atoms with Gasteiger partial charge < -0.3 is 11.1 Å². The van der Waals surface area contributed by atoms with Crippen LogP contribution < -0.4 is 11.1 Å². The number of likely N-dealkylation sites (tertiary alicyclic amines) is 1. The number of nitrogens with two attached hydrogens (primary N) is 1. The number of carbonyl (C=O) groups is 1. The zero-order chi connectivity index (χ0) is 15.1. The molecule has 21 heavy (non-hydrogen) atoms. The van der Waals surface area contributed by atoms with Crippen molar-refractivity contribution >= 4 is 5.91 Å². The van der Waals surface area contributed by atoms with Gasteiger partial charge in [-0.1, -0.05) is 24.3 Å². The molecule has 1 aliphatic heterocycles. The Balaban J connectivity index is 1.85. The Bertz CT molecular complexity index is 453. The SMILES string of the molecule is CC(N)CCC(=O)NCc1ccccc1CN1CCCC1. The lowest BCUT2D eigenvalue weighted by Gasteiger charge is -2.17. The molecule has 4 heteroatoms. The second kappa shape index (κ2) is 8.15. The maximum absolute atomic E-state index is 11.8. The predicted molar refractivity (Wildman–Crippen MR) is 85.7 cm³/mol. The van der Waals surface area contributed by atoms with E-state index in [2.05, 4.69) is 28.4 Å². The van der Waals surface area contributed by atoms with Crippen molar-refractivity contribution in [1.29, 1.82) is 0 Å². The largest absolute Gasteiger partial charge is 0.352 e. The van der Waals surface area contributed by atoms with E-state index in [1.165, 1.54) is 37.1 Å². The minimum Gasteiger partial charge on any atom is -0.352 e. The van der Waals surface area contributed by atoms with Crippen molar-refractivity contribution < 1.29 is 4.79 Å². The highest BCUT2D eigenvalue weighted by Crippen LogP contribution is 2.16. The molecule has 0 saturated carbocycles. The van der Waals surface area contributed by atoms with Crippen LogP contribution in [0.5, 0.6) is 0 Å². The molecule has 1 saturated heterocycles. The van der Waals surface area contributed by atoms with E-state index in [0.717, 1.165) is 13.0 Å². The van der Waals surface area contributed by atoms with Gasteiger partial charge in [-0.15, -0.1) is 0 Å². The Hall–Kier alpha value is -1.39. The van der Waals surface area contributed by atoms with Crippen LogP contribution in [-0.2, 0) is 17.9 Å². The first-order valence-electron chi connectivity index (χ1n) is 7.96. The second-order valence-electron chi connectivity index (χ2n) is 6.04. The van der Waals surface area contributed by atoms with Gasteiger partial charge in [0.2, 0.25) is 5.91 Å². The van der Waals surface area contributed by atoms with Crippen molar-refractivity contribution in [2.45, 2.75) is 51.7 Å². The van der Waals surface area contributed by atoms with Crippen LogP contribution in [0.15, 0.2) is 24.3 Å². The lowest BCUT2D eigenvalue weighted by Crippen LogP contribution is -2.26. The van der Waals surface area contributed by atoms with Crippen LogP contribution in [0.4, 0.5) is 0 Å². The highest BCUT2D eigenvalue weighted by Gasteiger charge is 2.13. The van der Waals surface area contributed by atoms with E-state index in [0.29, 0.717) is 13.0 Å². The fourth-order valence-electron chi connectivity index (χ4n) is 2.71. The molecule has 1 heterocycles. The number of amides is 1. The third-order valence-electron chi connectivity index (χ3n) is 4.01. The molecule has 0 radical (unpaired) electrons. The van der Waals surface area contributed by atoms with Gasteiger partial charge in [-0.3, -0.25) is 9.69 Å². The van der Waals surface area contributed by atoms with Crippen LogP contribution in [0.1, 0.15) is 43.7 Å². The minimum absolute atomic E-state index is 0.0817. The molecule has 0 aromatic heterocycles. The number of nitrogens with one attached hydrogen (secondary N) is 1. The normalized spacial score (nSPS) is 16.9. The summed E-state index contributed by atoms with van der Waals surface area (Å²) in [5, 5.41) is 3.01. The molecule has 116 valence electrons. The van der Waals surface area contributed by atoms with E-state index in [1.807, 2.05) is 13.0 Å². The Morgan fingerprint density at radius 2 is 1.95 bits per heavy atom. The van der Waals surface area contributed by atoms with Crippen LogP contribution in [0.25, 0.3) is 0 Å². The third kappa shape index (κ3) is 5.48. The van der Waals surface area contributed by atoms with Crippen molar-refractivity contribution in [3.05, 3.63) is 35.4 Å². The maximum atomic E-state index is 11.8. The van der Waals surface area contributed by atoms with Gasteiger partial charge in [-0.2, -0.15) is 0 Å². The summed E-state index contributed by atoms with van der Waals surface area (Å²) in [6.07, 6.45) is 3.85. The van der Waals surface area contributed by atoms with E-state index >= 15 is 0 Å². The number of nitrogens with zero attached hydrogens (tertiary/aromatic N) is 1. The molecule has 1 amide bonds. The standard InChI is InChI=1S/C17H27N3O/c1-14(18)8-9-17(21)19-12-15-6-2-3-7-16(15)13-20-10-4-5-11-20/h2-3,6-7,14H,4-5,8-13,18H2,1H3,(H,19,21). The monoisotopic (exact) mass is 289 g/mol. The lowest BCUT2D eigenvalue weighted by molar-refractivity contribution is -0.121. The van der Waals surface area contributed by atoms with Crippen molar-refractivity contribution in [2.24, 2.45) is 5.73 Å². The molecule has 1 aromatic carbocycles. The molecule has 0 spiro atoms. The van der Waals surface area contributed by atoms with E-state index in [1.54, 1.807) is 0 Å². The Morgan fingerprint density at radius 1 is 1.29 bits per heavy atom. The van der Waals surface area contributed by atoms with Gasteiger partial charge in [-0.05, 0) is 50.4 Å². The highest BCUT2D eigenvalue weighted by atomic mass is 16.1. The summed E-state index contributed by atoms with van der Waals surface area (Å²) in [5.74, 6) is 0.0864. The number of carbonyl (C=O) groups excluding carboxylic acids is 1. The van der Waals surface area contributed by atoms with Crippen molar-refractivity contribution in [3.8, 4) is 0 Å². The van der Waals surface area contributed by atoms with Crippen LogP contribution in [0, 0.1) is 0 Å². The fraction of sp³-hybridized carbons (Fsp3) is 0.588. The summed E-state index contributed by atoms with van der Waals surface area (Å²) in [5.41, 5.74) is 8.22. The molecule has 1 atom stereocenters. The Labute approximate surface area is 127 Å². The third-order valence-corrected chi connectivity index (χ3v) is 4.01. The van der Waals surface area contributed by atoms with Gasteiger partial charge >= 0.3 is 0 Å². The Kier molecular flexibility index (Phi) is 6.21. The summed E-state index contributed by atoms with van der Waals surface area (Å²) in [4.78, 5) is 14.3. The van der Waals surface area contributed by atoms with Gasteiger partial charge in [0.1, 0.15) is 0 Å². The molecule has 1 aliphatic rings. The van der Waals surface area contributed by atoms with Crippen LogP contribution in [0.3, 0.4) is 0 Å². The van der Waals surface area contributed by atoms with Gasteiger partial charge in [0.05, 0.1) is 0 Å². The molecule has 0 aliphatic carbocycles. The maximum Gasteiger partial charge on any atom is 0.220 e. The van der Waals surface area contributed by atoms with Gasteiger partial charge in [-0.25, -0.2) is 0 Å². The lowest BCUT2D eigenvalue weighted by atomic mass is 10.1. The number of hydrogen-bond donors (Lipinski definition) is 2. The van der Waals surface area contributed by atoms with Crippen LogP contribution >= 0.6 is 0 Å². The molecular formula is C17H27N3O. The average Bonchev–Trinajstić information content (AvgIpc) is 2.97. The van der Waals surface area contributed by atoms with Crippen molar-refractivity contribution in [3.63, 3.8) is 0 Å². The Morgan fingerprint density at radius 3 is 2.62 bits per heavy atom. The number of benzene rings is 1. The van der Waals surface area contributed by atoms with Crippen molar-refractivity contribution in [2.75, 3.05) is 13.1 Å². The number of rotatable bonds is 7. The predicted octanol–water partition coefficient (Wildman–Crippen LogP) is 2.03. The van der Waals surface area contributed by atoms with Crippen molar-refractivity contribution in [1.82, 2.24) is 10.2 Å². The molecule has 2 rings (SSSR count). The zero-order valence-corrected chi connectivity index (χ0v) is 13.0.